The first-order valence-corrected chi connectivity index (χ1v) is 7.64. The predicted octanol–water partition coefficient (Wildman–Crippen LogP) is 1.47. The van der Waals surface area contributed by atoms with Gasteiger partial charge >= 0.3 is 0 Å². The SMILES string of the molecule is CCC(NC)c1ccccc1N1CCN(CCO)CC1. The lowest BCUT2D eigenvalue weighted by Gasteiger charge is -2.37. The molecule has 1 atom stereocenters. The van der Waals surface area contributed by atoms with Crippen molar-refractivity contribution in [3.8, 4) is 0 Å². The number of nitrogens with zero attached hydrogens (tertiary/aromatic N) is 2. The second kappa shape index (κ2) is 7.62. The Morgan fingerprint density at radius 2 is 1.90 bits per heavy atom. The Labute approximate surface area is 122 Å². The number of hydrogen-bond acceptors (Lipinski definition) is 4. The van der Waals surface area contributed by atoms with Gasteiger partial charge in [-0.15, -0.1) is 0 Å². The van der Waals surface area contributed by atoms with Crippen LogP contribution in [0.2, 0.25) is 0 Å². The molecule has 1 fully saturated rings. The van der Waals surface area contributed by atoms with Crippen LogP contribution in [0.5, 0.6) is 0 Å². The minimum absolute atomic E-state index is 0.258. The van der Waals surface area contributed by atoms with Gasteiger partial charge in [-0.3, -0.25) is 4.90 Å². The zero-order valence-corrected chi connectivity index (χ0v) is 12.7. The Kier molecular flexibility index (Phi) is 5.83. The maximum absolute atomic E-state index is 9.02. The summed E-state index contributed by atoms with van der Waals surface area (Å²) in [6.45, 7) is 7.42. The molecule has 4 heteroatoms. The van der Waals surface area contributed by atoms with E-state index >= 15 is 0 Å². The number of para-hydroxylation sites is 1. The fourth-order valence-corrected chi connectivity index (χ4v) is 3.00. The molecule has 0 saturated carbocycles. The van der Waals surface area contributed by atoms with Gasteiger partial charge in [0.15, 0.2) is 0 Å². The van der Waals surface area contributed by atoms with Gasteiger partial charge in [-0.25, -0.2) is 0 Å². The lowest BCUT2D eigenvalue weighted by atomic mass is 10.0. The van der Waals surface area contributed by atoms with Crippen molar-refractivity contribution in [3.05, 3.63) is 29.8 Å². The summed E-state index contributed by atoms with van der Waals surface area (Å²) in [5, 5.41) is 12.4. The summed E-state index contributed by atoms with van der Waals surface area (Å²) < 4.78 is 0. The fourth-order valence-electron chi connectivity index (χ4n) is 3.00. The monoisotopic (exact) mass is 277 g/mol. The van der Waals surface area contributed by atoms with E-state index in [0.29, 0.717) is 6.04 Å². The normalized spacial score (nSPS) is 18.2. The molecule has 1 heterocycles. The summed E-state index contributed by atoms with van der Waals surface area (Å²) in [4.78, 5) is 4.80. The number of hydrogen-bond donors (Lipinski definition) is 2. The molecular formula is C16H27N3O. The summed E-state index contributed by atoms with van der Waals surface area (Å²) in [5.74, 6) is 0. The molecular weight excluding hydrogens is 250 g/mol. The van der Waals surface area contributed by atoms with Crippen molar-refractivity contribution in [1.82, 2.24) is 10.2 Å². The van der Waals surface area contributed by atoms with Gasteiger partial charge in [0.05, 0.1) is 6.61 Å². The van der Waals surface area contributed by atoms with Crippen LogP contribution >= 0.6 is 0 Å². The van der Waals surface area contributed by atoms with Gasteiger partial charge in [0.2, 0.25) is 0 Å². The van der Waals surface area contributed by atoms with Crippen LogP contribution in [0.4, 0.5) is 5.69 Å². The molecule has 0 bridgehead atoms. The molecule has 1 aromatic rings. The van der Waals surface area contributed by atoms with Crippen LogP contribution in [-0.2, 0) is 0 Å². The van der Waals surface area contributed by atoms with E-state index in [0.717, 1.165) is 39.1 Å². The van der Waals surface area contributed by atoms with Crippen molar-refractivity contribution in [2.24, 2.45) is 0 Å². The molecule has 2 N–H and O–H groups in total. The molecule has 1 saturated heterocycles. The van der Waals surface area contributed by atoms with E-state index in [-0.39, 0.29) is 6.61 Å². The maximum atomic E-state index is 9.02. The van der Waals surface area contributed by atoms with Crippen LogP contribution in [0.15, 0.2) is 24.3 Å². The lowest BCUT2D eigenvalue weighted by Crippen LogP contribution is -2.47. The number of nitrogens with one attached hydrogen (secondary N) is 1. The van der Waals surface area contributed by atoms with E-state index in [1.807, 2.05) is 7.05 Å². The Morgan fingerprint density at radius 3 is 2.50 bits per heavy atom. The number of benzene rings is 1. The maximum Gasteiger partial charge on any atom is 0.0558 e. The molecule has 0 aromatic heterocycles. The number of aliphatic hydroxyl groups is 1. The van der Waals surface area contributed by atoms with Crippen LogP contribution in [0.3, 0.4) is 0 Å². The number of aliphatic hydroxyl groups excluding tert-OH is 1. The molecule has 1 unspecified atom stereocenters. The van der Waals surface area contributed by atoms with Crippen LogP contribution in [0.1, 0.15) is 24.9 Å². The van der Waals surface area contributed by atoms with E-state index < -0.39 is 0 Å². The summed E-state index contributed by atoms with van der Waals surface area (Å²) in [6, 6.07) is 9.14. The quantitative estimate of drug-likeness (QED) is 0.826. The van der Waals surface area contributed by atoms with E-state index in [4.69, 9.17) is 5.11 Å². The minimum atomic E-state index is 0.258. The first-order valence-electron chi connectivity index (χ1n) is 7.64. The molecule has 0 aliphatic carbocycles. The summed E-state index contributed by atoms with van der Waals surface area (Å²) in [5.41, 5.74) is 2.76. The molecule has 112 valence electrons. The molecule has 20 heavy (non-hydrogen) atoms. The van der Waals surface area contributed by atoms with E-state index in [1.165, 1.54) is 11.3 Å². The lowest BCUT2D eigenvalue weighted by molar-refractivity contribution is 0.188. The number of anilines is 1. The van der Waals surface area contributed by atoms with Crippen molar-refractivity contribution in [1.29, 1.82) is 0 Å². The third-order valence-corrected chi connectivity index (χ3v) is 4.20. The topological polar surface area (TPSA) is 38.7 Å². The van der Waals surface area contributed by atoms with Crippen molar-refractivity contribution >= 4 is 5.69 Å². The van der Waals surface area contributed by atoms with Crippen molar-refractivity contribution in [2.75, 3.05) is 51.3 Å². The molecule has 2 rings (SSSR count). The first kappa shape index (κ1) is 15.3. The molecule has 4 nitrogen and oxygen atoms in total. The van der Waals surface area contributed by atoms with Gasteiger partial charge < -0.3 is 15.3 Å². The fraction of sp³-hybridized carbons (Fsp3) is 0.625. The molecule has 1 aliphatic rings. The number of β-amino-alcohol motifs (C(OH)–C–C–N with tert-alkyl or cyclic N) is 1. The summed E-state index contributed by atoms with van der Waals surface area (Å²) in [7, 11) is 2.03. The molecule has 1 aromatic carbocycles. The Hall–Kier alpha value is -1.10. The average molecular weight is 277 g/mol. The number of rotatable bonds is 6. The Morgan fingerprint density at radius 1 is 1.20 bits per heavy atom. The standard InChI is InChI=1S/C16H27N3O/c1-3-15(17-2)14-6-4-5-7-16(14)19-10-8-18(9-11-19)12-13-20/h4-7,15,17,20H,3,8-13H2,1-2H3. The average Bonchev–Trinajstić information content (AvgIpc) is 2.50. The second-order valence-electron chi connectivity index (χ2n) is 5.36. The zero-order valence-electron chi connectivity index (χ0n) is 12.7. The number of piperazine rings is 1. The largest absolute Gasteiger partial charge is 0.395 e. The van der Waals surface area contributed by atoms with Crippen molar-refractivity contribution in [3.63, 3.8) is 0 Å². The third kappa shape index (κ3) is 3.51. The van der Waals surface area contributed by atoms with Gasteiger partial charge in [-0.2, -0.15) is 0 Å². The van der Waals surface area contributed by atoms with Crippen molar-refractivity contribution < 1.29 is 5.11 Å². The van der Waals surface area contributed by atoms with Crippen LogP contribution < -0.4 is 10.2 Å². The van der Waals surface area contributed by atoms with Gasteiger partial charge in [-0.1, -0.05) is 25.1 Å². The van der Waals surface area contributed by atoms with Gasteiger partial charge in [0.25, 0.3) is 0 Å². The highest BCUT2D eigenvalue weighted by Crippen LogP contribution is 2.28. The van der Waals surface area contributed by atoms with Crippen LogP contribution in [-0.4, -0.2) is 56.4 Å². The van der Waals surface area contributed by atoms with Crippen molar-refractivity contribution in [2.45, 2.75) is 19.4 Å². The predicted molar refractivity (Wildman–Crippen MR) is 84.3 cm³/mol. The van der Waals surface area contributed by atoms with Gasteiger partial charge in [0, 0.05) is 44.5 Å². The second-order valence-corrected chi connectivity index (χ2v) is 5.36. The van der Waals surface area contributed by atoms with Crippen LogP contribution in [0.25, 0.3) is 0 Å². The first-order chi connectivity index (χ1) is 9.80. The zero-order chi connectivity index (χ0) is 14.4. The highest BCUT2D eigenvalue weighted by molar-refractivity contribution is 5.55. The molecule has 0 radical (unpaired) electrons. The molecule has 1 aliphatic heterocycles. The van der Waals surface area contributed by atoms with Crippen LogP contribution in [0, 0.1) is 0 Å². The smallest absolute Gasteiger partial charge is 0.0558 e. The Bertz CT molecular complexity index is 398. The van der Waals surface area contributed by atoms with E-state index in [9.17, 15) is 0 Å². The molecule has 0 amide bonds. The van der Waals surface area contributed by atoms with Gasteiger partial charge in [-0.05, 0) is 25.1 Å². The Balaban J connectivity index is 2.09. The van der Waals surface area contributed by atoms with Gasteiger partial charge in [0.1, 0.15) is 0 Å². The summed E-state index contributed by atoms with van der Waals surface area (Å²) in [6.07, 6.45) is 1.10. The highest BCUT2D eigenvalue weighted by Gasteiger charge is 2.20. The third-order valence-electron chi connectivity index (χ3n) is 4.20. The minimum Gasteiger partial charge on any atom is -0.395 e. The van der Waals surface area contributed by atoms with E-state index in [1.54, 1.807) is 0 Å². The van der Waals surface area contributed by atoms with E-state index in [2.05, 4.69) is 46.3 Å². The summed E-state index contributed by atoms with van der Waals surface area (Å²) >= 11 is 0. The highest BCUT2D eigenvalue weighted by atomic mass is 16.3. The molecule has 0 spiro atoms.